The van der Waals surface area contributed by atoms with Crippen LogP contribution in [-0.4, -0.2) is 28.1 Å². The Morgan fingerprint density at radius 1 is 1.32 bits per heavy atom. The first-order chi connectivity index (χ1) is 10.7. The van der Waals surface area contributed by atoms with Crippen molar-refractivity contribution in [1.82, 2.24) is 20.5 Å². The van der Waals surface area contributed by atoms with E-state index in [1.165, 1.54) is 18.2 Å². The Balaban J connectivity index is 1.83. The van der Waals surface area contributed by atoms with E-state index in [0.29, 0.717) is 5.95 Å². The average molecular weight is 298 g/mol. The number of aromatic nitrogens is 3. The number of nitrogens with one attached hydrogen (secondary N) is 2. The summed E-state index contributed by atoms with van der Waals surface area (Å²) in [5, 5.41) is 13.5. The minimum absolute atomic E-state index is 0.0390. The minimum atomic E-state index is -0.396. The van der Waals surface area contributed by atoms with Crippen LogP contribution in [0.2, 0.25) is 0 Å². The van der Waals surface area contributed by atoms with Gasteiger partial charge < -0.3 is 16.4 Å². The van der Waals surface area contributed by atoms with Gasteiger partial charge in [-0.15, -0.1) is 10.2 Å². The van der Waals surface area contributed by atoms with E-state index in [1.807, 2.05) is 6.07 Å². The number of nitrogens with zero attached hydrogens (tertiary/aromatic N) is 3. The number of amides is 1. The van der Waals surface area contributed by atoms with Crippen molar-refractivity contribution in [2.75, 3.05) is 18.1 Å². The molecular weight excluding hydrogens is 280 g/mol. The minimum Gasteiger partial charge on any atom is -0.382 e. The first kappa shape index (κ1) is 14.2. The molecule has 1 atom stereocenters. The van der Waals surface area contributed by atoms with Gasteiger partial charge in [-0.05, 0) is 30.4 Å². The summed E-state index contributed by atoms with van der Waals surface area (Å²) >= 11 is 0. The molecule has 1 heterocycles. The van der Waals surface area contributed by atoms with Gasteiger partial charge in [-0.2, -0.15) is 4.98 Å². The van der Waals surface area contributed by atoms with Gasteiger partial charge in [0, 0.05) is 7.05 Å². The zero-order chi connectivity index (χ0) is 15.5. The van der Waals surface area contributed by atoms with E-state index in [9.17, 15) is 4.79 Å². The van der Waals surface area contributed by atoms with Crippen molar-refractivity contribution < 1.29 is 4.79 Å². The number of aryl methyl sites for hydroxylation is 1. The van der Waals surface area contributed by atoms with Gasteiger partial charge in [-0.1, -0.05) is 24.3 Å². The molecule has 0 saturated carbocycles. The second kappa shape index (κ2) is 5.97. The standard InChI is InChI=1S/C15H18N6O/c1-17-14(22)12-13(16)19-15(21-20-12)18-11-8-4-6-9-5-2-3-7-10(9)11/h2-3,5,7,11H,4,6,8H2,1H3,(H,17,22)(H3,16,18,19,21)/t11-/m1/s1. The van der Waals surface area contributed by atoms with E-state index in [2.05, 4.69) is 44.0 Å². The number of hydrogen-bond donors (Lipinski definition) is 3. The summed E-state index contributed by atoms with van der Waals surface area (Å²) in [6, 6.07) is 8.47. The maximum atomic E-state index is 11.5. The smallest absolute Gasteiger partial charge is 0.275 e. The Bertz CT molecular complexity index is 702. The van der Waals surface area contributed by atoms with Crippen molar-refractivity contribution in [3.8, 4) is 0 Å². The lowest BCUT2D eigenvalue weighted by molar-refractivity contribution is 0.0958. The highest BCUT2D eigenvalue weighted by atomic mass is 16.1. The number of anilines is 2. The zero-order valence-electron chi connectivity index (χ0n) is 12.3. The van der Waals surface area contributed by atoms with Gasteiger partial charge in [-0.3, -0.25) is 4.79 Å². The predicted molar refractivity (Wildman–Crippen MR) is 83.4 cm³/mol. The Kier molecular flexibility index (Phi) is 3.86. The fourth-order valence-corrected chi connectivity index (χ4v) is 2.74. The van der Waals surface area contributed by atoms with Crippen LogP contribution in [-0.2, 0) is 6.42 Å². The fourth-order valence-electron chi connectivity index (χ4n) is 2.74. The van der Waals surface area contributed by atoms with Gasteiger partial charge in [0.1, 0.15) is 0 Å². The first-order valence-corrected chi connectivity index (χ1v) is 7.25. The predicted octanol–water partition coefficient (Wildman–Crippen LogP) is 1.30. The molecule has 0 fully saturated rings. The third-order valence-corrected chi connectivity index (χ3v) is 3.83. The van der Waals surface area contributed by atoms with Crippen LogP contribution < -0.4 is 16.4 Å². The Labute approximate surface area is 128 Å². The van der Waals surface area contributed by atoms with Crippen LogP contribution in [0.3, 0.4) is 0 Å². The summed E-state index contributed by atoms with van der Waals surface area (Å²) in [5.41, 5.74) is 8.42. The lowest BCUT2D eigenvalue weighted by Crippen LogP contribution is -2.24. The molecule has 7 heteroatoms. The van der Waals surface area contributed by atoms with Crippen molar-refractivity contribution in [1.29, 1.82) is 0 Å². The molecule has 0 unspecified atom stereocenters. The van der Waals surface area contributed by atoms with Crippen LogP contribution in [0.4, 0.5) is 11.8 Å². The van der Waals surface area contributed by atoms with Crippen LogP contribution >= 0.6 is 0 Å². The largest absolute Gasteiger partial charge is 0.382 e. The zero-order valence-corrected chi connectivity index (χ0v) is 12.3. The molecule has 1 amide bonds. The van der Waals surface area contributed by atoms with Crippen molar-refractivity contribution in [2.24, 2.45) is 0 Å². The van der Waals surface area contributed by atoms with E-state index in [0.717, 1.165) is 19.3 Å². The molecule has 0 bridgehead atoms. The van der Waals surface area contributed by atoms with Crippen LogP contribution in [0.25, 0.3) is 0 Å². The molecule has 114 valence electrons. The summed E-state index contributed by atoms with van der Waals surface area (Å²) < 4.78 is 0. The van der Waals surface area contributed by atoms with Crippen molar-refractivity contribution in [2.45, 2.75) is 25.3 Å². The maximum Gasteiger partial charge on any atom is 0.275 e. The van der Waals surface area contributed by atoms with Crippen LogP contribution in [0, 0.1) is 0 Å². The van der Waals surface area contributed by atoms with Gasteiger partial charge in [0.05, 0.1) is 6.04 Å². The third-order valence-electron chi connectivity index (χ3n) is 3.83. The number of carbonyl (C=O) groups is 1. The summed E-state index contributed by atoms with van der Waals surface area (Å²) in [7, 11) is 1.51. The topological polar surface area (TPSA) is 106 Å². The molecule has 0 aliphatic heterocycles. The van der Waals surface area contributed by atoms with E-state index in [1.54, 1.807) is 0 Å². The van der Waals surface area contributed by atoms with Gasteiger partial charge in [0.2, 0.25) is 5.95 Å². The molecule has 4 N–H and O–H groups in total. The highest BCUT2D eigenvalue weighted by molar-refractivity contribution is 5.95. The van der Waals surface area contributed by atoms with E-state index >= 15 is 0 Å². The van der Waals surface area contributed by atoms with E-state index < -0.39 is 5.91 Å². The fraction of sp³-hybridized carbons (Fsp3) is 0.333. The molecule has 1 aliphatic rings. The molecule has 0 spiro atoms. The van der Waals surface area contributed by atoms with Crippen LogP contribution in [0.15, 0.2) is 24.3 Å². The summed E-state index contributed by atoms with van der Waals surface area (Å²) in [5.74, 6) is 0.0138. The molecule has 3 rings (SSSR count). The monoisotopic (exact) mass is 298 g/mol. The molecule has 0 radical (unpaired) electrons. The van der Waals surface area contributed by atoms with Gasteiger partial charge in [0.25, 0.3) is 5.91 Å². The van der Waals surface area contributed by atoms with Crippen LogP contribution in [0.5, 0.6) is 0 Å². The molecule has 2 aromatic rings. The normalized spacial score (nSPS) is 16.7. The Hall–Kier alpha value is -2.70. The number of nitrogen functional groups attached to an aromatic ring is 1. The molecule has 22 heavy (non-hydrogen) atoms. The average Bonchev–Trinajstić information content (AvgIpc) is 2.55. The van der Waals surface area contributed by atoms with Crippen molar-refractivity contribution >= 4 is 17.7 Å². The number of hydrogen-bond acceptors (Lipinski definition) is 6. The number of rotatable bonds is 3. The number of nitrogens with two attached hydrogens (primary N) is 1. The molecule has 1 aliphatic carbocycles. The third kappa shape index (κ3) is 2.69. The lowest BCUT2D eigenvalue weighted by Gasteiger charge is -2.26. The highest BCUT2D eigenvalue weighted by Crippen LogP contribution is 2.31. The van der Waals surface area contributed by atoms with Crippen molar-refractivity contribution in [3.63, 3.8) is 0 Å². The molecular formula is C15H18N6O. The molecule has 1 aromatic carbocycles. The molecule has 7 nitrogen and oxygen atoms in total. The maximum absolute atomic E-state index is 11.5. The second-order valence-corrected chi connectivity index (χ2v) is 5.24. The number of benzene rings is 1. The number of carbonyl (C=O) groups excluding carboxylic acids is 1. The van der Waals surface area contributed by atoms with E-state index in [-0.39, 0.29) is 17.6 Å². The Morgan fingerprint density at radius 3 is 2.91 bits per heavy atom. The van der Waals surface area contributed by atoms with Gasteiger partial charge in [0.15, 0.2) is 11.5 Å². The summed E-state index contributed by atoms with van der Waals surface area (Å²) in [4.78, 5) is 15.7. The summed E-state index contributed by atoms with van der Waals surface area (Å²) in [6.07, 6.45) is 3.19. The highest BCUT2D eigenvalue weighted by Gasteiger charge is 2.21. The van der Waals surface area contributed by atoms with Gasteiger partial charge in [-0.25, -0.2) is 0 Å². The van der Waals surface area contributed by atoms with Crippen molar-refractivity contribution in [3.05, 3.63) is 41.1 Å². The molecule has 0 saturated heterocycles. The lowest BCUT2D eigenvalue weighted by atomic mass is 9.88. The summed E-state index contributed by atoms with van der Waals surface area (Å²) in [6.45, 7) is 0. The second-order valence-electron chi connectivity index (χ2n) is 5.24. The first-order valence-electron chi connectivity index (χ1n) is 7.25. The quantitative estimate of drug-likeness (QED) is 0.788. The van der Waals surface area contributed by atoms with Gasteiger partial charge >= 0.3 is 0 Å². The molecule has 1 aromatic heterocycles. The number of fused-ring (bicyclic) bond motifs is 1. The SMILES string of the molecule is CNC(=O)c1nnc(N[C@@H]2CCCc3ccccc32)nc1N. The Morgan fingerprint density at radius 2 is 2.14 bits per heavy atom. The van der Waals surface area contributed by atoms with E-state index in [4.69, 9.17) is 5.73 Å². The van der Waals surface area contributed by atoms with Crippen LogP contribution in [0.1, 0.15) is 40.5 Å².